The van der Waals surface area contributed by atoms with E-state index in [4.69, 9.17) is 20.9 Å². The molecule has 1 aromatic heterocycles. The summed E-state index contributed by atoms with van der Waals surface area (Å²) in [6.45, 7) is 4.07. The lowest BCUT2D eigenvalue weighted by Crippen LogP contribution is -2.43. The third-order valence-corrected chi connectivity index (χ3v) is 6.00. The van der Waals surface area contributed by atoms with Crippen LogP contribution in [0.4, 0.5) is 0 Å². The predicted molar refractivity (Wildman–Crippen MR) is 122 cm³/mol. The molecule has 0 aliphatic carbocycles. The van der Waals surface area contributed by atoms with Crippen molar-refractivity contribution in [3.63, 3.8) is 0 Å². The van der Waals surface area contributed by atoms with Crippen LogP contribution in [0.2, 0.25) is 5.02 Å². The standard InChI is InChI=1S/C24H27ClN4O3/c1-16(17-8-10-21(31-2)11-9-17)26-24(30)19-6-4-12-29(14-19)15-22-27-23(28-32-22)18-5-3-7-20(25)13-18/h3,5,7-11,13,16,19H,4,6,12,14-15H2,1-2H3,(H,26,30). The van der Waals surface area contributed by atoms with Crippen LogP contribution in [-0.4, -0.2) is 41.1 Å². The number of amides is 1. The first kappa shape index (κ1) is 22.3. The number of hydrogen-bond donors (Lipinski definition) is 1. The van der Waals surface area contributed by atoms with E-state index in [2.05, 4.69) is 20.4 Å². The van der Waals surface area contributed by atoms with Gasteiger partial charge in [0, 0.05) is 17.1 Å². The molecule has 3 aromatic rings. The number of aromatic nitrogens is 2. The van der Waals surface area contributed by atoms with Crippen molar-refractivity contribution < 1.29 is 14.1 Å². The van der Waals surface area contributed by atoms with Crippen molar-refractivity contribution in [1.82, 2.24) is 20.4 Å². The number of ether oxygens (including phenoxy) is 1. The smallest absolute Gasteiger partial charge is 0.241 e. The summed E-state index contributed by atoms with van der Waals surface area (Å²) >= 11 is 6.05. The zero-order valence-corrected chi connectivity index (χ0v) is 19.0. The Morgan fingerprint density at radius 2 is 2.12 bits per heavy atom. The molecule has 0 radical (unpaired) electrons. The third-order valence-electron chi connectivity index (χ3n) is 5.76. The highest BCUT2D eigenvalue weighted by atomic mass is 35.5. The van der Waals surface area contributed by atoms with Crippen LogP contribution in [-0.2, 0) is 11.3 Å². The Kier molecular flexibility index (Phi) is 7.07. The number of carbonyl (C=O) groups excluding carboxylic acids is 1. The molecule has 32 heavy (non-hydrogen) atoms. The van der Waals surface area contributed by atoms with E-state index >= 15 is 0 Å². The molecule has 1 saturated heterocycles. The number of methoxy groups -OCH3 is 1. The molecular formula is C24H27ClN4O3. The largest absolute Gasteiger partial charge is 0.497 e. The van der Waals surface area contributed by atoms with E-state index in [1.807, 2.05) is 43.3 Å². The quantitative estimate of drug-likeness (QED) is 0.566. The number of hydrogen-bond acceptors (Lipinski definition) is 6. The molecule has 1 N–H and O–H groups in total. The second-order valence-corrected chi connectivity index (χ2v) is 8.54. The number of nitrogens with zero attached hydrogens (tertiary/aromatic N) is 3. The highest BCUT2D eigenvalue weighted by Gasteiger charge is 2.28. The molecular weight excluding hydrogens is 428 g/mol. The van der Waals surface area contributed by atoms with Gasteiger partial charge in [0.2, 0.25) is 17.6 Å². The van der Waals surface area contributed by atoms with Crippen molar-refractivity contribution in [2.75, 3.05) is 20.2 Å². The van der Waals surface area contributed by atoms with Crippen LogP contribution in [0.1, 0.15) is 37.3 Å². The molecule has 1 amide bonds. The Morgan fingerprint density at radius 1 is 1.31 bits per heavy atom. The molecule has 1 aliphatic heterocycles. The number of rotatable bonds is 7. The Hall–Kier alpha value is -2.90. The average molecular weight is 455 g/mol. The summed E-state index contributed by atoms with van der Waals surface area (Å²) in [5, 5.41) is 7.85. The lowest BCUT2D eigenvalue weighted by Gasteiger charge is -2.31. The van der Waals surface area contributed by atoms with E-state index < -0.39 is 0 Å². The SMILES string of the molecule is COc1ccc(C(C)NC(=O)C2CCCN(Cc3nc(-c4cccc(Cl)c4)no3)C2)cc1. The summed E-state index contributed by atoms with van der Waals surface area (Å²) < 4.78 is 10.6. The monoisotopic (exact) mass is 454 g/mol. The molecule has 2 heterocycles. The van der Waals surface area contributed by atoms with Gasteiger partial charge in [-0.25, -0.2) is 0 Å². The zero-order valence-electron chi connectivity index (χ0n) is 18.3. The molecule has 4 rings (SSSR count). The van der Waals surface area contributed by atoms with Gasteiger partial charge in [-0.2, -0.15) is 4.98 Å². The van der Waals surface area contributed by atoms with Crippen molar-refractivity contribution in [2.45, 2.75) is 32.4 Å². The van der Waals surface area contributed by atoms with Crippen LogP contribution in [0, 0.1) is 5.92 Å². The van der Waals surface area contributed by atoms with E-state index in [0.29, 0.717) is 29.8 Å². The molecule has 0 spiro atoms. The molecule has 2 unspecified atom stereocenters. The lowest BCUT2D eigenvalue weighted by molar-refractivity contribution is -0.127. The Bertz CT molecular complexity index is 1050. The number of halogens is 1. The van der Waals surface area contributed by atoms with Crippen molar-refractivity contribution in [1.29, 1.82) is 0 Å². The number of benzene rings is 2. The molecule has 0 saturated carbocycles. The van der Waals surface area contributed by atoms with Crippen LogP contribution < -0.4 is 10.1 Å². The molecule has 2 aromatic carbocycles. The second-order valence-electron chi connectivity index (χ2n) is 8.10. The molecule has 8 heteroatoms. The van der Waals surface area contributed by atoms with Gasteiger partial charge in [-0.05, 0) is 56.1 Å². The maximum atomic E-state index is 12.9. The summed E-state index contributed by atoms with van der Waals surface area (Å²) in [6, 6.07) is 15.1. The zero-order chi connectivity index (χ0) is 22.5. The molecule has 168 valence electrons. The van der Waals surface area contributed by atoms with Crippen LogP contribution >= 0.6 is 11.6 Å². The first-order chi connectivity index (χ1) is 15.5. The second kappa shape index (κ2) is 10.1. The van der Waals surface area contributed by atoms with Gasteiger partial charge in [-0.1, -0.05) is 41.0 Å². The molecule has 7 nitrogen and oxygen atoms in total. The molecule has 1 fully saturated rings. The van der Waals surface area contributed by atoms with Gasteiger partial charge in [0.1, 0.15) is 5.75 Å². The van der Waals surface area contributed by atoms with Crippen molar-refractivity contribution in [3.05, 3.63) is 65.0 Å². The van der Waals surface area contributed by atoms with Crippen LogP contribution in [0.3, 0.4) is 0 Å². The first-order valence-corrected chi connectivity index (χ1v) is 11.1. The summed E-state index contributed by atoms with van der Waals surface area (Å²) in [5.74, 6) is 1.85. The fourth-order valence-corrected chi connectivity index (χ4v) is 4.17. The van der Waals surface area contributed by atoms with Crippen LogP contribution in [0.5, 0.6) is 5.75 Å². The van der Waals surface area contributed by atoms with Crippen molar-refractivity contribution in [3.8, 4) is 17.1 Å². The summed E-state index contributed by atoms with van der Waals surface area (Å²) in [5.41, 5.74) is 1.86. The first-order valence-electron chi connectivity index (χ1n) is 10.8. The number of nitrogens with one attached hydrogen (secondary N) is 1. The van der Waals surface area contributed by atoms with Crippen LogP contribution in [0.25, 0.3) is 11.4 Å². The number of carbonyl (C=O) groups is 1. The van der Waals surface area contributed by atoms with Crippen LogP contribution in [0.15, 0.2) is 53.1 Å². The normalized spacial score (nSPS) is 17.7. The Morgan fingerprint density at radius 3 is 2.88 bits per heavy atom. The average Bonchev–Trinajstić information content (AvgIpc) is 3.28. The third kappa shape index (κ3) is 5.47. The van der Waals surface area contributed by atoms with Crippen molar-refractivity contribution >= 4 is 17.5 Å². The summed E-state index contributed by atoms with van der Waals surface area (Å²) in [7, 11) is 1.64. The Labute approximate surface area is 192 Å². The van der Waals surface area contributed by atoms with Crippen molar-refractivity contribution in [2.24, 2.45) is 5.92 Å². The summed E-state index contributed by atoms with van der Waals surface area (Å²) in [4.78, 5) is 19.6. The Balaban J connectivity index is 1.33. The minimum absolute atomic E-state index is 0.0695. The fraction of sp³-hybridized carbons (Fsp3) is 0.375. The maximum absolute atomic E-state index is 12.9. The van der Waals surface area contributed by atoms with Gasteiger partial charge in [0.05, 0.1) is 25.6 Å². The predicted octanol–water partition coefficient (Wildman–Crippen LogP) is 4.49. The molecule has 0 bridgehead atoms. The minimum atomic E-state index is -0.0697. The van der Waals surface area contributed by atoms with Gasteiger partial charge >= 0.3 is 0 Å². The van der Waals surface area contributed by atoms with E-state index in [1.54, 1.807) is 19.2 Å². The summed E-state index contributed by atoms with van der Waals surface area (Å²) in [6.07, 6.45) is 1.82. The van der Waals surface area contributed by atoms with E-state index in [1.165, 1.54) is 0 Å². The van der Waals surface area contributed by atoms with E-state index in [0.717, 1.165) is 36.3 Å². The van der Waals surface area contributed by atoms with Gasteiger partial charge < -0.3 is 14.6 Å². The van der Waals surface area contributed by atoms with E-state index in [9.17, 15) is 4.79 Å². The van der Waals surface area contributed by atoms with Gasteiger partial charge in [-0.15, -0.1) is 0 Å². The molecule has 2 atom stereocenters. The fourth-order valence-electron chi connectivity index (χ4n) is 3.98. The molecule has 1 aliphatic rings. The number of likely N-dealkylation sites (tertiary alicyclic amines) is 1. The highest BCUT2D eigenvalue weighted by molar-refractivity contribution is 6.30. The lowest BCUT2D eigenvalue weighted by atomic mass is 9.96. The topological polar surface area (TPSA) is 80.5 Å². The van der Waals surface area contributed by atoms with Gasteiger partial charge in [0.25, 0.3) is 0 Å². The number of piperidine rings is 1. The maximum Gasteiger partial charge on any atom is 0.241 e. The van der Waals surface area contributed by atoms with E-state index in [-0.39, 0.29) is 17.9 Å². The minimum Gasteiger partial charge on any atom is -0.497 e. The van der Waals surface area contributed by atoms with Gasteiger partial charge in [-0.3, -0.25) is 9.69 Å². The van der Waals surface area contributed by atoms with Gasteiger partial charge in [0.15, 0.2) is 0 Å². The highest BCUT2D eigenvalue weighted by Crippen LogP contribution is 2.23.